The van der Waals surface area contributed by atoms with Gasteiger partial charge in [-0.05, 0) is 59.7 Å². The first kappa shape index (κ1) is 23.2. The lowest BCUT2D eigenvalue weighted by Crippen LogP contribution is -1.95. The molecule has 0 aliphatic carbocycles. The van der Waals surface area contributed by atoms with Crippen LogP contribution in [0.1, 0.15) is 22.3 Å². The normalized spacial score (nSPS) is 13.5. The molecule has 0 unspecified atom stereocenters. The Bertz CT molecular complexity index is 1460. The molecule has 0 fully saturated rings. The third kappa shape index (κ3) is 4.39. The van der Waals surface area contributed by atoms with Crippen molar-refractivity contribution < 1.29 is 0 Å². The smallest absolute Gasteiger partial charge is 0.0991 e. The molecular weight excluding hydrogens is 517 g/mol. The molecule has 6 rings (SSSR count). The third-order valence-corrected chi connectivity index (χ3v) is 10.9. The van der Waals surface area contributed by atoms with E-state index in [4.69, 9.17) is 0 Å². The number of hydrogen-bond donors (Lipinski definition) is 0. The number of hydrogen-bond acceptors (Lipinski definition) is 6. The highest BCUT2D eigenvalue weighted by molar-refractivity contribution is 8.25. The van der Waals surface area contributed by atoms with E-state index in [1.807, 2.05) is 48.5 Å². The third-order valence-electron chi connectivity index (χ3n) is 5.77. The van der Waals surface area contributed by atoms with Crippen LogP contribution < -0.4 is 0 Å². The van der Waals surface area contributed by atoms with Crippen LogP contribution in [0.15, 0.2) is 125 Å². The van der Waals surface area contributed by atoms with Crippen molar-refractivity contribution in [1.82, 2.24) is 0 Å². The maximum atomic E-state index is 9.39. The molecule has 0 spiro atoms. The Balaban J connectivity index is 1.60. The van der Waals surface area contributed by atoms with Gasteiger partial charge in [-0.25, -0.2) is 0 Å². The zero-order valence-electron chi connectivity index (χ0n) is 18.8. The summed E-state index contributed by atoms with van der Waals surface area (Å²) in [6.07, 6.45) is 0. The van der Waals surface area contributed by atoms with E-state index in [1.165, 1.54) is 28.1 Å². The van der Waals surface area contributed by atoms with Gasteiger partial charge in [0, 0.05) is 30.7 Å². The summed E-state index contributed by atoms with van der Waals surface area (Å²) in [5, 5.41) is 18.8. The first-order valence-electron chi connectivity index (χ1n) is 11.1. The van der Waals surface area contributed by atoms with Crippen molar-refractivity contribution in [2.24, 2.45) is 0 Å². The number of benzene rings is 4. The Morgan fingerprint density at radius 2 is 0.750 bits per heavy atom. The zero-order valence-corrected chi connectivity index (χ0v) is 22.0. The summed E-state index contributed by atoms with van der Waals surface area (Å²) in [6, 6.07) is 37.2. The number of fused-ring (bicyclic) bond motifs is 2. The molecule has 0 amide bonds. The SMILES string of the molecule is N#Cc1ccc(C(=C2Sc3ccccc3S2)C(=C2Sc3ccccc3S2)c2ccc(C#N)cc2)cc1. The van der Waals surface area contributed by atoms with E-state index in [2.05, 4.69) is 60.7 Å². The number of nitriles is 2. The maximum Gasteiger partial charge on any atom is 0.0991 e. The van der Waals surface area contributed by atoms with Gasteiger partial charge in [-0.2, -0.15) is 10.5 Å². The molecular formula is C30H16N2S4. The Kier molecular flexibility index (Phi) is 6.44. The quantitative estimate of drug-likeness (QED) is 0.262. The van der Waals surface area contributed by atoms with Gasteiger partial charge in [-0.3, -0.25) is 0 Å². The van der Waals surface area contributed by atoms with Crippen molar-refractivity contribution in [3.63, 3.8) is 0 Å². The molecule has 2 aliphatic heterocycles. The number of rotatable bonds is 3. The van der Waals surface area contributed by atoms with Crippen molar-refractivity contribution in [3.05, 3.63) is 128 Å². The second kappa shape index (κ2) is 10.0. The van der Waals surface area contributed by atoms with Crippen LogP contribution in [0.25, 0.3) is 11.1 Å². The predicted molar refractivity (Wildman–Crippen MR) is 152 cm³/mol. The molecule has 4 aromatic carbocycles. The molecule has 2 aliphatic rings. The molecule has 0 saturated carbocycles. The molecule has 0 N–H and O–H groups in total. The van der Waals surface area contributed by atoms with Crippen LogP contribution in [0, 0.1) is 22.7 Å². The molecule has 6 heteroatoms. The Labute approximate surface area is 227 Å². The summed E-state index contributed by atoms with van der Waals surface area (Å²) in [7, 11) is 0. The molecule has 36 heavy (non-hydrogen) atoms. The number of nitrogens with zero attached hydrogens (tertiary/aromatic N) is 2. The Morgan fingerprint density at radius 1 is 0.444 bits per heavy atom. The Hall–Kier alpha value is -3.26. The minimum absolute atomic E-state index is 0.641. The average molecular weight is 533 g/mol. The van der Waals surface area contributed by atoms with Crippen LogP contribution in [0.4, 0.5) is 0 Å². The number of allylic oxidation sites excluding steroid dienone is 2. The van der Waals surface area contributed by atoms with Crippen LogP contribution >= 0.6 is 47.0 Å². The van der Waals surface area contributed by atoms with Crippen molar-refractivity contribution in [2.45, 2.75) is 19.6 Å². The largest absolute Gasteiger partial charge is 0.192 e. The fraction of sp³-hybridized carbons (Fsp3) is 0. The standard InChI is InChI=1S/C30H16N2S4/c31-17-19-9-13-21(14-10-19)27(29-33-23-5-1-2-6-24(23)34-29)28(22-15-11-20(18-32)12-16-22)30-35-25-7-3-4-8-26(25)36-30/h1-16H. The lowest BCUT2D eigenvalue weighted by Gasteiger charge is -2.18. The second-order valence-corrected chi connectivity index (χ2v) is 12.7. The van der Waals surface area contributed by atoms with Gasteiger partial charge in [0.2, 0.25) is 0 Å². The van der Waals surface area contributed by atoms with E-state index in [9.17, 15) is 10.5 Å². The first-order chi connectivity index (χ1) is 17.7. The van der Waals surface area contributed by atoms with E-state index in [-0.39, 0.29) is 0 Å². The lowest BCUT2D eigenvalue weighted by molar-refractivity contribution is 1.27. The maximum absolute atomic E-state index is 9.39. The minimum atomic E-state index is 0.641. The van der Waals surface area contributed by atoms with Crippen molar-refractivity contribution in [2.75, 3.05) is 0 Å². The van der Waals surface area contributed by atoms with E-state index >= 15 is 0 Å². The monoisotopic (exact) mass is 532 g/mol. The van der Waals surface area contributed by atoms with Gasteiger partial charge in [0.15, 0.2) is 0 Å². The van der Waals surface area contributed by atoms with E-state index in [0.29, 0.717) is 11.1 Å². The van der Waals surface area contributed by atoms with Crippen LogP contribution in [-0.4, -0.2) is 0 Å². The fourth-order valence-electron chi connectivity index (χ4n) is 4.03. The van der Waals surface area contributed by atoms with Crippen LogP contribution in [0.5, 0.6) is 0 Å². The zero-order chi connectivity index (χ0) is 24.5. The molecule has 2 heterocycles. The molecule has 0 radical (unpaired) electrons. The van der Waals surface area contributed by atoms with Crippen LogP contribution in [-0.2, 0) is 0 Å². The van der Waals surface area contributed by atoms with Crippen LogP contribution in [0.3, 0.4) is 0 Å². The highest BCUT2D eigenvalue weighted by Gasteiger charge is 2.29. The topological polar surface area (TPSA) is 47.6 Å². The minimum Gasteiger partial charge on any atom is -0.192 e. The molecule has 0 bridgehead atoms. The van der Waals surface area contributed by atoms with Gasteiger partial charge in [-0.1, -0.05) is 95.6 Å². The van der Waals surface area contributed by atoms with Gasteiger partial charge in [0.25, 0.3) is 0 Å². The summed E-state index contributed by atoms with van der Waals surface area (Å²) in [5.74, 6) is 0. The Morgan fingerprint density at radius 3 is 1.03 bits per heavy atom. The van der Waals surface area contributed by atoms with Crippen molar-refractivity contribution >= 4 is 58.2 Å². The van der Waals surface area contributed by atoms with E-state index < -0.39 is 0 Å². The van der Waals surface area contributed by atoms with Gasteiger partial charge < -0.3 is 0 Å². The fourth-order valence-corrected chi connectivity index (χ4v) is 9.29. The predicted octanol–water partition coefficient (Wildman–Crippen LogP) is 9.26. The van der Waals surface area contributed by atoms with Crippen LogP contribution in [0.2, 0.25) is 0 Å². The van der Waals surface area contributed by atoms with E-state index in [1.54, 1.807) is 47.0 Å². The molecule has 4 aromatic rings. The highest BCUT2D eigenvalue weighted by Crippen LogP contribution is 2.60. The first-order valence-corrected chi connectivity index (χ1v) is 14.4. The molecule has 2 nitrogen and oxygen atoms in total. The summed E-state index contributed by atoms with van der Waals surface area (Å²) >= 11 is 7.18. The summed E-state index contributed by atoms with van der Waals surface area (Å²) in [6.45, 7) is 0. The lowest BCUT2D eigenvalue weighted by atomic mass is 9.93. The van der Waals surface area contributed by atoms with Gasteiger partial charge >= 0.3 is 0 Å². The second-order valence-electron chi connectivity index (χ2n) is 8.00. The molecule has 0 saturated heterocycles. The highest BCUT2D eigenvalue weighted by atomic mass is 32.2. The average Bonchev–Trinajstić information content (AvgIpc) is 3.56. The van der Waals surface area contributed by atoms with Gasteiger partial charge in [0.05, 0.1) is 31.7 Å². The van der Waals surface area contributed by atoms with Crippen molar-refractivity contribution in [1.29, 1.82) is 10.5 Å². The van der Waals surface area contributed by atoms with Crippen molar-refractivity contribution in [3.8, 4) is 12.1 Å². The number of thioether (sulfide) groups is 4. The summed E-state index contributed by atoms with van der Waals surface area (Å²) in [4.78, 5) is 5.01. The molecule has 0 aromatic heterocycles. The van der Waals surface area contributed by atoms with E-state index in [0.717, 1.165) is 22.3 Å². The molecule has 170 valence electrons. The summed E-state index contributed by atoms with van der Waals surface area (Å²) < 4.78 is 2.43. The van der Waals surface area contributed by atoms with Gasteiger partial charge in [0.1, 0.15) is 0 Å². The summed E-state index contributed by atoms with van der Waals surface area (Å²) in [5.41, 5.74) is 5.73. The van der Waals surface area contributed by atoms with Gasteiger partial charge in [-0.15, -0.1) is 0 Å². The molecule has 0 atom stereocenters.